The average Bonchev–Trinajstić information content (AvgIpc) is 2.96. The SMILES string of the molecule is CCCC[C@](C)(O)C/C=C/C1[C@H](O)C[C@H](C)[C@@H]1CCCCc1ccc(C(=O)O)cc1. The van der Waals surface area contributed by atoms with Crippen LogP contribution in [-0.4, -0.2) is 33.0 Å². The van der Waals surface area contributed by atoms with Gasteiger partial charge in [0.05, 0.1) is 17.3 Å². The fourth-order valence-electron chi connectivity index (χ4n) is 4.79. The van der Waals surface area contributed by atoms with Gasteiger partial charge >= 0.3 is 5.97 Å². The largest absolute Gasteiger partial charge is 0.478 e. The molecule has 3 N–H and O–H groups in total. The predicted molar refractivity (Wildman–Crippen MR) is 122 cm³/mol. The highest BCUT2D eigenvalue weighted by Gasteiger charge is 2.38. The monoisotopic (exact) mass is 416 g/mol. The summed E-state index contributed by atoms with van der Waals surface area (Å²) in [5, 5.41) is 30.0. The molecule has 1 unspecified atom stereocenters. The van der Waals surface area contributed by atoms with Crippen LogP contribution in [0.3, 0.4) is 0 Å². The van der Waals surface area contributed by atoms with Gasteiger partial charge < -0.3 is 15.3 Å². The van der Waals surface area contributed by atoms with Gasteiger partial charge in [-0.05, 0) is 75.0 Å². The van der Waals surface area contributed by atoms with E-state index in [-0.39, 0.29) is 12.0 Å². The lowest BCUT2D eigenvalue weighted by molar-refractivity contribution is 0.0512. The Kier molecular flexibility index (Phi) is 9.57. The van der Waals surface area contributed by atoms with Gasteiger partial charge in [-0.3, -0.25) is 0 Å². The van der Waals surface area contributed by atoms with E-state index in [0.29, 0.717) is 23.8 Å². The van der Waals surface area contributed by atoms with Crippen molar-refractivity contribution in [2.24, 2.45) is 17.8 Å². The third-order valence-corrected chi connectivity index (χ3v) is 6.72. The first kappa shape index (κ1) is 24.6. The number of rotatable bonds is 12. The molecule has 1 aliphatic carbocycles. The molecule has 5 atom stereocenters. The van der Waals surface area contributed by atoms with Crippen LogP contribution in [-0.2, 0) is 6.42 Å². The van der Waals surface area contributed by atoms with E-state index >= 15 is 0 Å². The van der Waals surface area contributed by atoms with Crippen molar-refractivity contribution in [2.75, 3.05) is 0 Å². The molecular weight excluding hydrogens is 376 g/mol. The molecule has 0 bridgehead atoms. The maximum atomic E-state index is 10.9. The van der Waals surface area contributed by atoms with Gasteiger partial charge in [-0.15, -0.1) is 0 Å². The second-order valence-corrected chi connectivity index (χ2v) is 9.50. The first-order valence-electron chi connectivity index (χ1n) is 11.6. The van der Waals surface area contributed by atoms with Crippen molar-refractivity contribution >= 4 is 5.97 Å². The Labute approximate surface area is 182 Å². The van der Waals surface area contributed by atoms with Crippen molar-refractivity contribution in [1.82, 2.24) is 0 Å². The van der Waals surface area contributed by atoms with Gasteiger partial charge in [0.15, 0.2) is 0 Å². The molecule has 168 valence electrons. The molecule has 1 aliphatic rings. The Morgan fingerprint density at radius 2 is 1.90 bits per heavy atom. The normalized spacial score (nSPS) is 26.2. The third kappa shape index (κ3) is 7.55. The number of aryl methyl sites for hydroxylation is 1. The molecule has 4 heteroatoms. The van der Waals surface area contributed by atoms with Gasteiger partial charge in [0.2, 0.25) is 0 Å². The Morgan fingerprint density at radius 3 is 2.53 bits per heavy atom. The van der Waals surface area contributed by atoms with Gasteiger partial charge in [0, 0.05) is 5.92 Å². The lowest BCUT2D eigenvalue weighted by atomic mass is 9.84. The standard InChI is InChI=1S/C26H40O4/c1-4-5-16-26(3,30)17-8-11-23-22(19(2)18-24(23)27)10-7-6-9-20-12-14-21(15-13-20)25(28)29/h8,11-15,19,22-24,27,30H,4-7,9-10,16-18H2,1-3H3,(H,28,29)/b11-8+/t19-,22-,23?,24+,26-/m0/s1. The van der Waals surface area contributed by atoms with Crippen LogP contribution >= 0.6 is 0 Å². The maximum absolute atomic E-state index is 10.9. The van der Waals surface area contributed by atoms with Crippen LogP contribution in [0.2, 0.25) is 0 Å². The average molecular weight is 417 g/mol. The van der Waals surface area contributed by atoms with Crippen LogP contribution in [0.4, 0.5) is 0 Å². The summed E-state index contributed by atoms with van der Waals surface area (Å²) in [6, 6.07) is 7.15. The molecule has 0 saturated heterocycles. The number of carboxylic acids is 1. The Bertz CT molecular complexity index is 677. The van der Waals surface area contributed by atoms with E-state index in [0.717, 1.165) is 51.4 Å². The van der Waals surface area contributed by atoms with Crippen molar-refractivity contribution < 1.29 is 20.1 Å². The molecule has 1 saturated carbocycles. The van der Waals surface area contributed by atoms with E-state index in [9.17, 15) is 15.0 Å². The lowest BCUT2D eigenvalue weighted by Gasteiger charge is -2.23. The number of carbonyl (C=O) groups is 1. The minimum Gasteiger partial charge on any atom is -0.478 e. The highest BCUT2D eigenvalue weighted by molar-refractivity contribution is 5.87. The first-order valence-corrected chi connectivity index (χ1v) is 11.6. The van der Waals surface area contributed by atoms with Crippen molar-refractivity contribution in [3.8, 4) is 0 Å². The molecule has 30 heavy (non-hydrogen) atoms. The molecule has 1 aromatic rings. The van der Waals surface area contributed by atoms with Gasteiger partial charge in [0.25, 0.3) is 0 Å². The molecule has 0 radical (unpaired) electrons. The molecule has 1 aromatic carbocycles. The second-order valence-electron chi connectivity index (χ2n) is 9.50. The molecule has 0 spiro atoms. The summed E-state index contributed by atoms with van der Waals surface area (Å²) < 4.78 is 0. The maximum Gasteiger partial charge on any atom is 0.335 e. The molecule has 0 heterocycles. The van der Waals surface area contributed by atoms with Gasteiger partial charge in [-0.1, -0.05) is 57.4 Å². The number of aromatic carboxylic acids is 1. The summed E-state index contributed by atoms with van der Waals surface area (Å²) in [6.07, 6.45) is 12.6. The zero-order chi connectivity index (χ0) is 22.1. The van der Waals surface area contributed by atoms with Crippen molar-refractivity contribution in [2.45, 2.75) is 90.3 Å². The smallest absolute Gasteiger partial charge is 0.335 e. The highest BCUT2D eigenvalue weighted by Crippen LogP contribution is 2.41. The number of carboxylic acid groups (broad SMARTS) is 1. The van der Waals surface area contributed by atoms with Crippen LogP contribution in [0, 0.1) is 17.8 Å². The topological polar surface area (TPSA) is 77.8 Å². The Morgan fingerprint density at radius 1 is 1.20 bits per heavy atom. The van der Waals surface area contributed by atoms with Crippen molar-refractivity contribution in [3.63, 3.8) is 0 Å². The third-order valence-electron chi connectivity index (χ3n) is 6.72. The fraction of sp³-hybridized carbons (Fsp3) is 0.654. The number of aliphatic hydroxyl groups is 2. The zero-order valence-corrected chi connectivity index (χ0v) is 18.9. The number of unbranched alkanes of at least 4 members (excludes halogenated alkanes) is 2. The van der Waals surface area contributed by atoms with E-state index in [4.69, 9.17) is 5.11 Å². The van der Waals surface area contributed by atoms with E-state index in [1.54, 1.807) is 12.1 Å². The number of aliphatic hydroxyl groups excluding tert-OH is 1. The minimum atomic E-state index is -0.888. The van der Waals surface area contributed by atoms with Crippen LogP contribution < -0.4 is 0 Å². The minimum absolute atomic E-state index is 0.178. The molecule has 2 rings (SSSR count). The van der Waals surface area contributed by atoms with E-state index in [1.807, 2.05) is 19.1 Å². The van der Waals surface area contributed by atoms with Crippen LogP contribution in [0.25, 0.3) is 0 Å². The van der Waals surface area contributed by atoms with Crippen LogP contribution in [0.5, 0.6) is 0 Å². The molecule has 0 amide bonds. The quantitative estimate of drug-likeness (QED) is 0.305. The molecular formula is C26H40O4. The second kappa shape index (κ2) is 11.7. The number of benzene rings is 1. The highest BCUT2D eigenvalue weighted by atomic mass is 16.4. The van der Waals surface area contributed by atoms with E-state index < -0.39 is 11.6 Å². The number of hydrogen-bond acceptors (Lipinski definition) is 3. The van der Waals surface area contributed by atoms with Crippen LogP contribution in [0.1, 0.15) is 88.1 Å². The summed E-state index contributed by atoms with van der Waals surface area (Å²) in [5.41, 5.74) is 0.842. The summed E-state index contributed by atoms with van der Waals surface area (Å²) >= 11 is 0. The van der Waals surface area contributed by atoms with E-state index in [1.165, 1.54) is 5.56 Å². The Hall–Kier alpha value is -1.65. The molecule has 1 fully saturated rings. The van der Waals surface area contributed by atoms with E-state index in [2.05, 4.69) is 26.0 Å². The summed E-state index contributed by atoms with van der Waals surface area (Å²) in [7, 11) is 0. The number of hydrogen-bond donors (Lipinski definition) is 3. The zero-order valence-electron chi connectivity index (χ0n) is 18.9. The summed E-state index contributed by atoms with van der Waals surface area (Å²) in [5.74, 6) is 0.273. The molecule has 4 nitrogen and oxygen atoms in total. The predicted octanol–water partition coefficient (Wildman–Crippen LogP) is 5.62. The Balaban J connectivity index is 1.82. The van der Waals surface area contributed by atoms with Gasteiger partial charge in [-0.25, -0.2) is 4.79 Å². The molecule has 0 aromatic heterocycles. The lowest BCUT2D eigenvalue weighted by Crippen LogP contribution is -2.23. The van der Waals surface area contributed by atoms with Crippen LogP contribution in [0.15, 0.2) is 36.4 Å². The molecule has 0 aliphatic heterocycles. The van der Waals surface area contributed by atoms with Gasteiger partial charge in [0.1, 0.15) is 0 Å². The summed E-state index contributed by atoms with van der Waals surface area (Å²) in [6.45, 7) is 6.28. The summed E-state index contributed by atoms with van der Waals surface area (Å²) in [4.78, 5) is 10.9. The van der Waals surface area contributed by atoms with Crippen molar-refractivity contribution in [1.29, 1.82) is 0 Å². The fourth-order valence-corrected chi connectivity index (χ4v) is 4.79. The first-order chi connectivity index (χ1) is 14.2. The van der Waals surface area contributed by atoms with Gasteiger partial charge in [-0.2, -0.15) is 0 Å². The van der Waals surface area contributed by atoms with Crippen molar-refractivity contribution in [3.05, 3.63) is 47.5 Å².